The van der Waals surface area contributed by atoms with Crippen LogP contribution in [0.5, 0.6) is 0 Å². The predicted octanol–water partition coefficient (Wildman–Crippen LogP) is 3.85. The molecule has 4 nitrogen and oxygen atoms in total. The minimum atomic E-state index is -0.612. The number of hydrazone groups is 1. The SMILES string of the molecule is CC(C)(C)OC(=O)N/N=C\c1ccc(Cl)c(Cl)c1. The maximum atomic E-state index is 11.3. The molecular formula is C12H14Cl2N2O2. The van der Waals surface area contributed by atoms with Gasteiger partial charge in [0.2, 0.25) is 0 Å². The minimum Gasteiger partial charge on any atom is -0.443 e. The van der Waals surface area contributed by atoms with Gasteiger partial charge in [-0.3, -0.25) is 0 Å². The lowest BCUT2D eigenvalue weighted by atomic mass is 10.2. The zero-order valence-corrected chi connectivity index (χ0v) is 11.8. The highest BCUT2D eigenvalue weighted by atomic mass is 35.5. The van der Waals surface area contributed by atoms with E-state index in [0.717, 1.165) is 5.56 Å². The van der Waals surface area contributed by atoms with E-state index in [4.69, 9.17) is 27.9 Å². The number of ether oxygens (including phenoxy) is 1. The van der Waals surface area contributed by atoms with Crippen LogP contribution in [0.25, 0.3) is 0 Å². The maximum absolute atomic E-state index is 11.3. The molecule has 0 radical (unpaired) electrons. The average molecular weight is 289 g/mol. The van der Waals surface area contributed by atoms with Crippen molar-refractivity contribution in [2.24, 2.45) is 5.10 Å². The van der Waals surface area contributed by atoms with Gasteiger partial charge in [0.25, 0.3) is 0 Å². The Balaban J connectivity index is 2.55. The number of hydrogen-bond donors (Lipinski definition) is 1. The van der Waals surface area contributed by atoms with E-state index in [1.807, 2.05) is 0 Å². The average Bonchev–Trinajstić information content (AvgIpc) is 2.20. The van der Waals surface area contributed by atoms with E-state index in [2.05, 4.69) is 10.5 Å². The molecule has 0 heterocycles. The summed E-state index contributed by atoms with van der Waals surface area (Å²) >= 11 is 11.6. The summed E-state index contributed by atoms with van der Waals surface area (Å²) in [4.78, 5) is 11.3. The molecule has 0 atom stereocenters. The summed E-state index contributed by atoms with van der Waals surface area (Å²) in [7, 11) is 0. The fourth-order valence-electron chi connectivity index (χ4n) is 1.05. The van der Waals surface area contributed by atoms with Gasteiger partial charge in [-0.15, -0.1) is 0 Å². The van der Waals surface area contributed by atoms with Crippen LogP contribution in [0.1, 0.15) is 26.3 Å². The second kappa shape index (κ2) is 6.07. The summed E-state index contributed by atoms with van der Waals surface area (Å²) in [5, 5.41) is 4.64. The fraction of sp³-hybridized carbons (Fsp3) is 0.333. The molecule has 6 heteroatoms. The molecule has 0 fully saturated rings. The molecule has 0 aliphatic heterocycles. The fourth-order valence-corrected chi connectivity index (χ4v) is 1.36. The number of hydrogen-bond acceptors (Lipinski definition) is 3. The van der Waals surface area contributed by atoms with E-state index in [1.54, 1.807) is 39.0 Å². The van der Waals surface area contributed by atoms with Gasteiger partial charge in [0.05, 0.1) is 16.3 Å². The van der Waals surface area contributed by atoms with Crippen molar-refractivity contribution in [3.05, 3.63) is 33.8 Å². The number of halogens is 2. The Hall–Kier alpha value is -1.26. The van der Waals surface area contributed by atoms with Crippen LogP contribution in [0.4, 0.5) is 4.79 Å². The lowest BCUT2D eigenvalue weighted by Crippen LogP contribution is -2.29. The second-order valence-electron chi connectivity index (χ2n) is 4.55. The largest absolute Gasteiger partial charge is 0.443 e. The summed E-state index contributed by atoms with van der Waals surface area (Å²) in [5.41, 5.74) is 2.42. The predicted molar refractivity (Wildman–Crippen MR) is 73.4 cm³/mol. The second-order valence-corrected chi connectivity index (χ2v) is 5.36. The van der Waals surface area contributed by atoms with Crippen molar-refractivity contribution in [2.75, 3.05) is 0 Å². The van der Waals surface area contributed by atoms with Crippen molar-refractivity contribution in [1.82, 2.24) is 5.43 Å². The van der Waals surface area contributed by atoms with Gasteiger partial charge >= 0.3 is 6.09 Å². The number of carbonyl (C=O) groups is 1. The molecule has 1 N–H and O–H groups in total. The van der Waals surface area contributed by atoms with Crippen LogP contribution in [0.15, 0.2) is 23.3 Å². The van der Waals surface area contributed by atoms with Crippen molar-refractivity contribution in [2.45, 2.75) is 26.4 Å². The molecule has 0 aliphatic carbocycles. The Labute approximate surface area is 116 Å². The first-order valence-electron chi connectivity index (χ1n) is 5.25. The molecule has 1 amide bonds. The van der Waals surface area contributed by atoms with Crippen LogP contribution in [-0.2, 0) is 4.74 Å². The topological polar surface area (TPSA) is 50.7 Å². The molecule has 1 aromatic rings. The summed E-state index contributed by atoms with van der Waals surface area (Å²) in [6.07, 6.45) is 0.838. The van der Waals surface area contributed by atoms with Crippen molar-refractivity contribution in [1.29, 1.82) is 0 Å². The number of amides is 1. The summed E-state index contributed by atoms with van der Waals surface area (Å²) < 4.78 is 5.01. The molecule has 0 aliphatic rings. The molecule has 0 saturated carbocycles. The van der Waals surface area contributed by atoms with Crippen molar-refractivity contribution in [3.8, 4) is 0 Å². The standard InChI is InChI=1S/C12H14Cl2N2O2/c1-12(2,3)18-11(17)16-15-7-8-4-5-9(13)10(14)6-8/h4-7H,1-3H3,(H,16,17)/b15-7-. The normalized spacial score (nSPS) is 11.6. The molecule has 0 bridgehead atoms. The summed E-state index contributed by atoms with van der Waals surface area (Å²) in [5.74, 6) is 0. The smallest absolute Gasteiger partial charge is 0.428 e. The molecule has 18 heavy (non-hydrogen) atoms. The Kier molecular flexibility index (Phi) is 4.99. The number of carbonyl (C=O) groups excluding carboxylic acids is 1. The van der Waals surface area contributed by atoms with Crippen LogP contribution in [0.3, 0.4) is 0 Å². The van der Waals surface area contributed by atoms with Crippen LogP contribution >= 0.6 is 23.2 Å². The van der Waals surface area contributed by atoms with Gasteiger partial charge in [-0.25, -0.2) is 10.2 Å². The van der Waals surface area contributed by atoms with Gasteiger partial charge in [-0.05, 0) is 38.5 Å². The third-order valence-corrected chi connectivity index (χ3v) is 2.45. The van der Waals surface area contributed by atoms with Gasteiger partial charge in [-0.2, -0.15) is 5.10 Å². The molecule has 1 rings (SSSR count). The third-order valence-electron chi connectivity index (χ3n) is 1.71. The van der Waals surface area contributed by atoms with Crippen LogP contribution < -0.4 is 5.43 Å². The summed E-state index contributed by atoms with van der Waals surface area (Å²) in [6.45, 7) is 5.32. The van der Waals surface area contributed by atoms with E-state index in [1.165, 1.54) is 6.21 Å². The monoisotopic (exact) mass is 288 g/mol. The van der Waals surface area contributed by atoms with Gasteiger partial charge in [0.1, 0.15) is 5.60 Å². The lowest BCUT2D eigenvalue weighted by molar-refractivity contribution is 0.0529. The molecule has 0 unspecified atom stereocenters. The van der Waals surface area contributed by atoms with Crippen molar-refractivity contribution >= 4 is 35.5 Å². The zero-order valence-electron chi connectivity index (χ0n) is 10.3. The van der Waals surface area contributed by atoms with Gasteiger partial charge in [-0.1, -0.05) is 29.3 Å². The van der Waals surface area contributed by atoms with Crippen LogP contribution in [-0.4, -0.2) is 17.9 Å². The molecule has 0 spiro atoms. The molecule has 98 valence electrons. The molecule has 1 aromatic carbocycles. The van der Waals surface area contributed by atoms with Gasteiger partial charge in [0.15, 0.2) is 0 Å². The highest BCUT2D eigenvalue weighted by Crippen LogP contribution is 2.21. The first-order valence-corrected chi connectivity index (χ1v) is 6.00. The highest BCUT2D eigenvalue weighted by Gasteiger charge is 2.15. The minimum absolute atomic E-state index is 0.429. The zero-order chi connectivity index (χ0) is 13.8. The molecule has 0 aromatic heterocycles. The van der Waals surface area contributed by atoms with Gasteiger partial charge < -0.3 is 4.74 Å². The molecular weight excluding hydrogens is 275 g/mol. The lowest BCUT2D eigenvalue weighted by Gasteiger charge is -2.18. The quantitative estimate of drug-likeness (QED) is 0.664. The number of benzene rings is 1. The van der Waals surface area contributed by atoms with Crippen LogP contribution in [0.2, 0.25) is 10.0 Å². The van der Waals surface area contributed by atoms with Crippen LogP contribution in [0, 0.1) is 0 Å². The maximum Gasteiger partial charge on any atom is 0.428 e. The van der Waals surface area contributed by atoms with E-state index >= 15 is 0 Å². The van der Waals surface area contributed by atoms with E-state index in [0.29, 0.717) is 10.0 Å². The Morgan fingerprint density at radius 2 is 2.00 bits per heavy atom. The Morgan fingerprint density at radius 1 is 1.33 bits per heavy atom. The third kappa shape index (κ3) is 5.38. The van der Waals surface area contributed by atoms with Gasteiger partial charge in [0, 0.05) is 0 Å². The number of rotatable bonds is 2. The first kappa shape index (κ1) is 14.8. The van der Waals surface area contributed by atoms with E-state index in [-0.39, 0.29) is 0 Å². The Bertz CT molecular complexity index is 468. The van der Waals surface area contributed by atoms with Crippen molar-refractivity contribution < 1.29 is 9.53 Å². The van der Waals surface area contributed by atoms with E-state index in [9.17, 15) is 4.79 Å². The number of nitrogens with one attached hydrogen (secondary N) is 1. The number of nitrogens with zero attached hydrogens (tertiary/aromatic N) is 1. The molecule has 0 saturated heterocycles. The van der Waals surface area contributed by atoms with E-state index < -0.39 is 11.7 Å². The van der Waals surface area contributed by atoms with Crippen molar-refractivity contribution in [3.63, 3.8) is 0 Å². The Morgan fingerprint density at radius 3 is 2.56 bits per heavy atom. The summed E-state index contributed by atoms with van der Waals surface area (Å²) in [6, 6.07) is 5.03. The highest BCUT2D eigenvalue weighted by molar-refractivity contribution is 6.42. The first-order chi connectivity index (χ1) is 8.28.